The topological polar surface area (TPSA) is 133 Å². The van der Waals surface area contributed by atoms with Crippen molar-refractivity contribution in [3.63, 3.8) is 0 Å². The van der Waals surface area contributed by atoms with Crippen LogP contribution < -0.4 is 11.3 Å². The number of aliphatic hydroxyl groups excluding tert-OH is 1. The van der Waals surface area contributed by atoms with Crippen LogP contribution in [0.3, 0.4) is 0 Å². The molecule has 8 heteroatoms. The van der Waals surface area contributed by atoms with E-state index >= 15 is 0 Å². The Bertz CT molecular complexity index is 1390. The van der Waals surface area contributed by atoms with Crippen molar-refractivity contribution in [3.05, 3.63) is 81.8 Å². The van der Waals surface area contributed by atoms with Crippen LogP contribution in [-0.4, -0.2) is 45.8 Å². The zero-order chi connectivity index (χ0) is 23.4. The van der Waals surface area contributed by atoms with Crippen molar-refractivity contribution >= 4 is 28.8 Å². The van der Waals surface area contributed by atoms with E-state index in [1.54, 1.807) is 25.5 Å². The van der Waals surface area contributed by atoms with Gasteiger partial charge in [-0.25, -0.2) is 4.98 Å². The number of hydrogen-bond donors (Lipinski definition) is 4. The molecule has 0 fully saturated rings. The molecule has 5 N–H and O–H groups in total. The SMILES string of the molecule is CN=C(N)c1cc(C)c2nc(-c3c(N=CC(CO)Cc4ccccc4)cc[nH]c3=O)[nH]c2c1. The molecule has 4 rings (SSSR count). The van der Waals surface area contributed by atoms with E-state index < -0.39 is 0 Å². The molecule has 2 aromatic heterocycles. The summed E-state index contributed by atoms with van der Waals surface area (Å²) >= 11 is 0. The fourth-order valence-electron chi connectivity index (χ4n) is 3.76. The maximum absolute atomic E-state index is 12.8. The molecule has 0 saturated carbocycles. The number of nitrogens with one attached hydrogen (secondary N) is 2. The van der Waals surface area contributed by atoms with Crippen molar-refractivity contribution in [2.45, 2.75) is 13.3 Å². The second-order valence-electron chi connectivity index (χ2n) is 7.86. The van der Waals surface area contributed by atoms with Crippen LogP contribution in [0.5, 0.6) is 0 Å². The summed E-state index contributed by atoms with van der Waals surface area (Å²) in [5.41, 5.74) is 10.8. The van der Waals surface area contributed by atoms with E-state index in [2.05, 4.69) is 24.9 Å². The molecule has 0 radical (unpaired) electrons. The van der Waals surface area contributed by atoms with Gasteiger partial charge in [-0.05, 0) is 42.7 Å². The van der Waals surface area contributed by atoms with Gasteiger partial charge in [-0.1, -0.05) is 30.3 Å². The van der Waals surface area contributed by atoms with Crippen LogP contribution in [0.2, 0.25) is 0 Å². The lowest BCUT2D eigenvalue weighted by molar-refractivity contribution is 0.263. The van der Waals surface area contributed by atoms with Crippen LogP contribution in [-0.2, 0) is 6.42 Å². The first-order chi connectivity index (χ1) is 16.0. The Hall–Kier alpha value is -4.04. The summed E-state index contributed by atoms with van der Waals surface area (Å²) in [6, 6.07) is 15.4. The molecule has 0 saturated heterocycles. The first-order valence-corrected chi connectivity index (χ1v) is 10.6. The Balaban J connectivity index is 1.72. The molecule has 0 aliphatic rings. The number of hydrogen-bond acceptors (Lipinski definition) is 5. The van der Waals surface area contributed by atoms with Crippen molar-refractivity contribution in [2.75, 3.05) is 13.7 Å². The number of aromatic nitrogens is 3. The first-order valence-electron chi connectivity index (χ1n) is 10.6. The zero-order valence-corrected chi connectivity index (χ0v) is 18.5. The smallest absolute Gasteiger partial charge is 0.261 e. The Labute approximate surface area is 191 Å². The molecule has 2 heterocycles. The Morgan fingerprint density at radius 2 is 2.03 bits per heavy atom. The summed E-state index contributed by atoms with van der Waals surface area (Å²) in [5.74, 6) is 0.652. The van der Waals surface area contributed by atoms with Gasteiger partial charge in [-0.15, -0.1) is 0 Å². The number of benzene rings is 2. The zero-order valence-electron chi connectivity index (χ0n) is 18.5. The number of imidazole rings is 1. The monoisotopic (exact) mass is 442 g/mol. The standard InChI is InChI=1S/C25H26N6O2/c1-15-10-18(23(26)27-2)12-20-22(15)31-24(30-20)21-19(8-9-28-25(21)33)29-13-17(14-32)11-16-6-4-3-5-7-16/h3-10,12-13,17,32H,11,14H2,1-2H3,(H2,26,27)(H,28,33)(H,30,31). The molecule has 8 nitrogen and oxygen atoms in total. The van der Waals surface area contributed by atoms with E-state index in [-0.39, 0.29) is 18.1 Å². The maximum atomic E-state index is 12.8. The molecule has 2 aromatic carbocycles. The number of aryl methyl sites for hydroxylation is 1. The van der Waals surface area contributed by atoms with Crippen LogP contribution in [0.25, 0.3) is 22.4 Å². The van der Waals surface area contributed by atoms with Gasteiger partial charge in [0.15, 0.2) is 0 Å². The predicted molar refractivity (Wildman–Crippen MR) is 132 cm³/mol. The van der Waals surface area contributed by atoms with E-state index in [1.807, 2.05) is 49.4 Å². The van der Waals surface area contributed by atoms with Crippen LogP contribution in [0.15, 0.2) is 69.5 Å². The Morgan fingerprint density at radius 1 is 1.24 bits per heavy atom. The van der Waals surface area contributed by atoms with Gasteiger partial charge in [-0.3, -0.25) is 14.8 Å². The average molecular weight is 443 g/mol. The molecular formula is C25H26N6O2. The van der Waals surface area contributed by atoms with Crippen LogP contribution in [0.1, 0.15) is 16.7 Å². The van der Waals surface area contributed by atoms with Gasteiger partial charge in [0, 0.05) is 30.9 Å². The van der Waals surface area contributed by atoms with E-state index in [1.165, 1.54) is 0 Å². The molecular weight excluding hydrogens is 416 g/mol. The predicted octanol–water partition coefficient (Wildman–Crippen LogP) is 3.12. The molecule has 0 aliphatic carbocycles. The number of nitrogens with two attached hydrogens (primary N) is 1. The molecule has 4 aromatic rings. The molecule has 0 aliphatic heterocycles. The first kappa shape index (κ1) is 22.2. The number of rotatable bonds is 7. The highest BCUT2D eigenvalue weighted by atomic mass is 16.3. The number of amidine groups is 1. The summed E-state index contributed by atoms with van der Waals surface area (Å²) < 4.78 is 0. The van der Waals surface area contributed by atoms with E-state index in [0.717, 1.165) is 27.7 Å². The Morgan fingerprint density at radius 3 is 2.76 bits per heavy atom. The minimum absolute atomic E-state index is 0.0517. The molecule has 1 unspecified atom stereocenters. The summed E-state index contributed by atoms with van der Waals surface area (Å²) in [6.07, 6.45) is 3.89. The minimum atomic E-state index is -0.306. The summed E-state index contributed by atoms with van der Waals surface area (Å²) in [5, 5.41) is 9.83. The van der Waals surface area contributed by atoms with E-state index in [4.69, 9.17) is 5.73 Å². The highest BCUT2D eigenvalue weighted by Crippen LogP contribution is 2.28. The van der Waals surface area contributed by atoms with Crippen molar-refractivity contribution in [2.24, 2.45) is 21.6 Å². The summed E-state index contributed by atoms with van der Waals surface area (Å²) in [7, 11) is 1.64. The number of aliphatic imine (C=N–C) groups is 2. The van der Waals surface area contributed by atoms with Gasteiger partial charge >= 0.3 is 0 Å². The normalized spacial score (nSPS) is 13.1. The van der Waals surface area contributed by atoms with Crippen LogP contribution in [0, 0.1) is 12.8 Å². The van der Waals surface area contributed by atoms with E-state index in [0.29, 0.717) is 29.3 Å². The molecule has 0 spiro atoms. The average Bonchev–Trinajstić information content (AvgIpc) is 3.26. The highest BCUT2D eigenvalue weighted by Gasteiger charge is 2.16. The number of aromatic amines is 2. The molecule has 0 bridgehead atoms. The third-order valence-electron chi connectivity index (χ3n) is 5.49. The van der Waals surface area contributed by atoms with E-state index in [9.17, 15) is 9.90 Å². The van der Waals surface area contributed by atoms with Crippen LogP contribution >= 0.6 is 0 Å². The molecule has 1 atom stereocenters. The van der Waals surface area contributed by atoms with Gasteiger partial charge in [0.25, 0.3) is 5.56 Å². The molecule has 0 amide bonds. The van der Waals surface area contributed by atoms with Crippen molar-refractivity contribution < 1.29 is 5.11 Å². The lowest BCUT2D eigenvalue weighted by atomic mass is 10.0. The molecule has 33 heavy (non-hydrogen) atoms. The van der Waals surface area contributed by atoms with Crippen molar-refractivity contribution in [1.82, 2.24) is 15.0 Å². The maximum Gasteiger partial charge on any atom is 0.261 e. The minimum Gasteiger partial charge on any atom is -0.396 e. The van der Waals surface area contributed by atoms with Gasteiger partial charge in [0.2, 0.25) is 0 Å². The third-order valence-corrected chi connectivity index (χ3v) is 5.49. The fraction of sp³-hybridized carbons (Fsp3) is 0.200. The second kappa shape index (κ2) is 9.62. The highest BCUT2D eigenvalue weighted by molar-refractivity contribution is 6.01. The Kier molecular flexibility index (Phi) is 6.46. The van der Waals surface area contributed by atoms with Crippen molar-refractivity contribution in [3.8, 4) is 11.4 Å². The second-order valence-corrected chi connectivity index (χ2v) is 7.86. The fourth-order valence-corrected chi connectivity index (χ4v) is 3.76. The molecule has 168 valence electrons. The van der Waals surface area contributed by atoms with Gasteiger partial charge in [-0.2, -0.15) is 0 Å². The lowest BCUT2D eigenvalue weighted by Crippen LogP contribution is -2.13. The third kappa shape index (κ3) is 4.75. The summed E-state index contributed by atoms with van der Waals surface area (Å²) in [4.78, 5) is 31.9. The number of H-pyrrole nitrogens is 2. The number of nitrogens with zero attached hydrogens (tertiary/aromatic N) is 3. The lowest BCUT2D eigenvalue weighted by Gasteiger charge is -2.09. The number of pyridine rings is 1. The van der Waals surface area contributed by atoms with Gasteiger partial charge in [0.1, 0.15) is 17.2 Å². The van der Waals surface area contributed by atoms with Crippen LogP contribution in [0.4, 0.5) is 5.69 Å². The quantitative estimate of drug-likeness (QED) is 0.258. The number of aliphatic hydroxyl groups is 1. The van der Waals surface area contributed by atoms with Gasteiger partial charge in [0.05, 0.1) is 23.3 Å². The largest absolute Gasteiger partial charge is 0.396 e. The number of fused-ring (bicyclic) bond motifs is 1. The van der Waals surface area contributed by atoms with Crippen molar-refractivity contribution in [1.29, 1.82) is 0 Å². The summed E-state index contributed by atoms with van der Waals surface area (Å²) in [6.45, 7) is 1.88. The van der Waals surface area contributed by atoms with Gasteiger partial charge < -0.3 is 20.8 Å².